The fraction of sp³-hybridized carbons (Fsp3) is 1.00. The van der Waals surface area contributed by atoms with Crippen molar-refractivity contribution in [3.63, 3.8) is 0 Å². The summed E-state index contributed by atoms with van der Waals surface area (Å²) in [7, 11) is 4.03. The summed E-state index contributed by atoms with van der Waals surface area (Å²) in [5, 5.41) is 5.34. The quantitative estimate of drug-likeness (QED) is 0.417. The molecule has 0 saturated carbocycles. The van der Waals surface area contributed by atoms with E-state index in [0.29, 0.717) is 0 Å². The number of hydrogen-bond acceptors (Lipinski definition) is 3. The van der Waals surface area contributed by atoms with Crippen molar-refractivity contribution in [3.05, 3.63) is 0 Å². The van der Waals surface area contributed by atoms with Gasteiger partial charge in [-0.1, -0.05) is 6.92 Å². The van der Waals surface area contributed by atoms with Crippen molar-refractivity contribution < 1.29 is 0 Å². The Morgan fingerprint density at radius 3 is 2.36 bits per heavy atom. The Hall–Kier alpha value is -0.120. The van der Waals surface area contributed by atoms with Crippen LogP contribution in [0.25, 0.3) is 0 Å². The van der Waals surface area contributed by atoms with Gasteiger partial charge < -0.3 is 5.32 Å². The number of nitrogens with zero attached hydrogens (tertiary/aromatic N) is 1. The van der Waals surface area contributed by atoms with E-state index in [1.54, 1.807) is 0 Å². The van der Waals surface area contributed by atoms with Crippen LogP contribution < -0.4 is 10.7 Å². The van der Waals surface area contributed by atoms with Crippen molar-refractivity contribution in [3.8, 4) is 0 Å². The zero-order valence-electron chi connectivity index (χ0n) is 7.98. The first-order valence-electron chi connectivity index (χ1n) is 4.39. The van der Waals surface area contributed by atoms with Crippen molar-refractivity contribution in [1.29, 1.82) is 0 Å². The molecule has 3 heteroatoms. The second kappa shape index (κ2) is 7.98. The summed E-state index contributed by atoms with van der Waals surface area (Å²) < 4.78 is 0. The lowest BCUT2D eigenvalue weighted by Gasteiger charge is -2.11. The van der Waals surface area contributed by atoms with Gasteiger partial charge in [-0.15, -0.1) is 0 Å². The van der Waals surface area contributed by atoms with Gasteiger partial charge in [0.2, 0.25) is 0 Å². The first kappa shape index (κ1) is 10.9. The molecule has 11 heavy (non-hydrogen) atoms. The Labute approximate surface area is 70.1 Å². The van der Waals surface area contributed by atoms with Gasteiger partial charge in [0.25, 0.3) is 0 Å². The molecule has 0 aliphatic heterocycles. The molecule has 0 rings (SSSR count). The molecule has 0 fully saturated rings. The van der Waals surface area contributed by atoms with E-state index in [-0.39, 0.29) is 0 Å². The molecule has 0 saturated heterocycles. The van der Waals surface area contributed by atoms with Crippen LogP contribution in [0.1, 0.15) is 19.8 Å². The summed E-state index contributed by atoms with van der Waals surface area (Å²) in [6, 6.07) is 0. The third-order valence-corrected chi connectivity index (χ3v) is 1.39. The molecule has 68 valence electrons. The van der Waals surface area contributed by atoms with Gasteiger partial charge in [0.05, 0.1) is 0 Å². The lowest BCUT2D eigenvalue weighted by atomic mass is 10.4. The first-order chi connectivity index (χ1) is 5.27. The third-order valence-electron chi connectivity index (χ3n) is 1.39. The maximum absolute atomic E-state index is 3.35. The molecule has 0 radical (unpaired) electrons. The maximum Gasteiger partial charge on any atom is 0.0114 e. The molecule has 0 bridgehead atoms. The van der Waals surface area contributed by atoms with E-state index in [2.05, 4.69) is 17.7 Å². The average Bonchev–Trinajstić information content (AvgIpc) is 1.96. The Morgan fingerprint density at radius 2 is 1.82 bits per heavy atom. The molecule has 0 aliphatic rings. The van der Waals surface area contributed by atoms with E-state index in [1.165, 1.54) is 12.8 Å². The maximum atomic E-state index is 3.35. The molecule has 0 atom stereocenters. The lowest BCUT2D eigenvalue weighted by molar-refractivity contribution is 0.287. The SMILES string of the molecule is CCCNCCCNN(C)C. The highest BCUT2D eigenvalue weighted by Crippen LogP contribution is 1.75. The zero-order valence-corrected chi connectivity index (χ0v) is 7.98. The predicted molar refractivity (Wildman–Crippen MR) is 49.5 cm³/mol. The van der Waals surface area contributed by atoms with Gasteiger partial charge in [0.1, 0.15) is 0 Å². The van der Waals surface area contributed by atoms with Gasteiger partial charge in [-0.3, -0.25) is 10.4 Å². The predicted octanol–water partition coefficient (Wildman–Crippen LogP) is 0.442. The zero-order chi connectivity index (χ0) is 8.53. The standard InChI is InChI=1S/C8H21N3/c1-4-6-9-7-5-8-10-11(2)3/h9-10H,4-8H2,1-3H3. The van der Waals surface area contributed by atoms with Crippen molar-refractivity contribution >= 4 is 0 Å². The van der Waals surface area contributed by atoms with Gasteiger partial charge in [-0.2, -0.15) is 0 Å². The third kappa shape index (κ3) is 9.88. The summed E-state index contributed by atoms with van der Waals surface area (Å²) >= 11 is 0. The Morgan fingerprint density at radius 1 is 1.09 bits per heavy atom. The Bertz CT molecular complexity index is 73.7. The summed E-state index contributed by atoms with van der Waals surface area (Å²) in [6.45, 7) is 5.51. The minimum atomic E-state index is 1.06. The average molecular weight is 159 g/mol. The molecule has 0 aromatic carbocycles. The van der Waals surface area contributed by atoms with Crippen LogP contribution in [-0.2, 0) is 0 Å². The van der Waals surface area contributed by atoms with Gasteiger partial charge in [0, 0.05) is 20.6 Å². The van der Waals surface area contributed by atoms with E-state index in [4.69, 9.17) is 0 Å². The summed E-state index contributed by atoms with van der Waals surface area (Å²) in [5.74, 6) is 0. The van der Waals surface area contributed by atoms with Crippen LogP contribution in [0.15, 0.2) is 0 Å². The minimum Gasteiger partial charge on any atom is -0.317 e. The molecule has 0 amide bonds. The van der Waals surface area contributed by atoms with E-state index < -0.39 is 0 Å². The van der Waals surface area contributed by atoms with Crippen LogP contribution in [0.2, 0.25) is 0 Å². The highest BCUT2D eigenvalue weighted by molar-refractivity contribution is 4.47. The highest BCUT2D eigenvalue weighted by atomic mass is 15.5. The lowest BCUT2D eigenvalue weighted by Crippen LogP contribution is -2.32. The Kier molecular flexibility index (Phi) is 7.89. The van der Waals surface area contributed by atoms with E-state index in [0.717, 1.165) is 19.6 Å². The van der Waals surface area contributed by atoms with E-state index in [9.17, 15) is 0 Å². The Balaban J connectivity index is 2.80. The van der Waals surface area contributed by atoms with Gasteiger partial charge >= 0.3 is 0 Å². The molecule has 0 aliphatic carbocycles. The van der Waals surface area contributed by atoms with Gasteiger partial charge in [-0.05, 0) is 25.9 Å². The number of hydrogen-bond donors (Lipinski definition) is 2. The second-order valence-corrected chi connectivity index (χ2v) is 2.91. The van der Waals surface area contributed by atoms with Crippen LogP contribution in [0.3, 0.4) is 0 Å². The monoisotopic (exact) mass is 159 g/mol. The van der Waals surface area contributed by atoms with E-state index >= 15 is 0 Å². The van der Waals surface area contributed by atoms with Crippen LogP contribution >= 0.6 is 0 Å². The van der Waals surface area contributed by atoms with E-state index in [1.807, 2.05) is 19.1 Å². The second-order valence-electron chi connectivity index (χ2n) is 2.91. The summed E-state index contributed by atoms with van der Waals surface area (Å²) in [6.07, 6.45) is 2.42. The van der Waals surface area contributed by atoms with Crippen LogP contribution in [0.4, 0.5) is 0 Å². The molecule has 2 N–H and O–H groups in total. The minimum absolute atomic E-state index is 1.06. The van der Waals surface area contributed by atoms with Crippen molar-refractivity contribution in [2.24, 2.45) is 0 Å². The molecule has 0 unspecified atom stereocenters. The highest BCUT2D eigenvalue weighted by Gasteiger charge is 1.88. The molecule has 3 nitrogen and oxygen atoms in total. The normalized spacial score (nSPS) is 10.9. The van der Waals surface area contributed by atoms with Crippen molar-refractivity contribution in [1.82, 2.24) is 15.8 Å². The van der Waals surface area contributed by atoms with Crippen LogP contribution in [0, 0.1) is 0 Å². The van der Waals surface area contributed by atoms with Crippen molar-refractivity contribution in [2.45, 2.75) is 19.8 Å². The fourth-order valence-electron chi connectivity index (χ4n) is 0.818. The van der Waals surface area contributed by atoms with Crippen LogP contribution in [0.5, 0.6) is 0 Å². The molecule has 0 spiro atoms. The topological polar surface area (TPSA) is 27.3 Å². The van der Waals surface area contributed by atoms with Gasteiger partial charge in [0.15, 0.2) is 0 Å². The molecule has 0 aromatic rings. The molecule has 0 aromatic heterocycles. The van der Waals surface area contributed by atoms with Crippen LogP contribution in [-0.4, -0.2) is 38.7 Å². The summed E-state index contributed by atoms with van der Waals surface area (Å²) in [4.78, 5) is 0. The van der Waals surface area contributed by atoms with Crippen molar-refractivity contribution in [2.75, 3.05) is 33.7 Å². The smallest absolute Gasteiger partial charge is 0.0114 e. The number of nitrogens with one attached hydrogen (secondary N) is 2. The molecular weight excluding hydrogens is 138 g/mol. The summed E-state index contributed by atoms with van der Waals surface area (Å²) in [5.41, 5.74) is 3.22. The molecular formula is C8H21N3. The first-order valence-corrected chi connectivity index (χ1v) is 4.39. The largest absolute Gasteiger partial charge is 0.317 e. The molecule has 0 heterocycles. The number of rotatable bonds is 7. The number of hydrazine groups is 1. The van der Waals surface area contributed by atoms with Gasteiger partial charge in [-0.25, -0.2) is 0 Å². The fourth-order valence-corrected chi connectivity index (χ4v) is 0.818.